The van der Waals surface area contributed by atoms with Gasteiger partial charge in [-0.15, -0.1) is 20.4 Å². The molecule has 0 unspecified atom stereocenters. The van der Waals surface area contributed by atoms with E-state index in [-0.39, 0.29) is 33.3 Å². The molecule has 0 bridgehead atoms. The summed E-state index contributed by atoms with van der Waals surface area (Å²) in [6.07, 6.45) is -19.7. The van der Waals surface area contributed by atoms with Crippen molar-refractivity contribution < 1.29 is 52.7 Å². The van der Waals surface area contributed by atoms with Gasteiger partial charge in [0, 0.05) is 11.1 Å². The van der Waals surface area contributed by atoms with E-state index < -0.39 is 102 Å². The van der Waals surface area contributed by atoms with Crippen molar-refractivity contribution in [1.82, 2.24) is 20.4 Å². The average molecular weight is 821 g/mol. The van der Waals surface area contributed by atoms with Crippen LogP contribution in [0.4, 0.5) is 52.7 Å². The van der Waals surface area contributed by atoms with Crippen molar-refractivity contribution >= 4 is 45.0 Å². The Morgan fingerprint density at radius 1 is 0.464 bits per heavy atom. The van der Waals surface area contributed by atoms with E-state index in [4.69, 9.17) is 0 Å². The molecular weight excluding hydrogens is 813 g/mol. The molecule has 0 N–H and O–H groups in total. The molecule has 0 fully saturated rings. The fraction of sp³-hybridized carbons (Fsp3) is 0.118. The summed E-state index contributed by atoms with van der Waals surface area (Å²) in [6, 6.07) is 7.57. The number of allylic oxidation sites excluding steroid dienone is 10. The SMILES string of the molecule is N#C/C(=C1\C(c2cc(C(F)(F)F)cc(C(F)(F)F)c2)=CC2=C1C=C(c1cc(C(F)(F)F)cc(C(F)(F)F)c1)/C2=C(\C#N)c1nnc(C#N)s1)c1nnc(C#N)s1. The summed E-state index contributed by atoms with van der Waals surface area (Å²) < 4.78 is 168. The summed E-state index contributed by atoms with van der Waals surface area (Å²) in [5, 5.41) is 52.5. The Bertz CT molecular complexity index is 2440. The van der Waals surface area contributed by atoms with Gasteiger partial charge in [0.2, 0.25) is 10.0 Å². The molecule has 56 heavy (non-hydrogen) atoms. The van der Waals surface area contributed by atoms with Crippen LogP contribution in [0.15, 0.2) is 70.8 Å². The van der Waals surface area contributed by atoms with Crippen LogP contribution in [-0.2, 0) is 24.7 Å². The first-order valence-electron chi connectivity index (χ1n) is 14.6. The predicted octanol–water partition coefficient (Wildman–Crippen LogP) is 9.95. The van der Waals surface area contributed by atoms with E-state index in [2.05, 4.69) is 20.4 Å². The van der Waals surface area contributed by atoms with Gasteiger partial charge >= 0.3 is 24.7 Å². The van der Waals surface area contributed by atoms with Gasteiger partial charge in [0.05, 0.1) is 33.4 Å². The molecule has 2 aromatic carbocycles. The minimum atomic E-state index is -5.36. The van der Waals surface area contributed by atoms with Crippen LogP contribution in [0.25, 0.3) is 22.3 Å². The third kappa shape index (κ3) is 7.15. The molecule has 0 aliphatic heterocycles. The lowest BCUT2D eigenvalue weighted by Crippen LogP contribution is -2.12. The molecule has 0 atom stereocenters. The Labute approximate surface area is 311 Å². The van der Waals surface area contributed by atoms with Gasteiger partial charge in [-0.25, -0.2) is 0 Å². The van der Waals surface area contributed by atoms with E-state index in [0.717, 1.165) is 12.2 Å². The third-order valence-corrected chi connectivity index (χ3v) is 9.63. The summed E-state index contributed by atoms with van der Waals surface area (Å²) in [5.74, 6) is 0. The van der Waals surface area contributed by atoms with Crippen LogP contribution in [-0.4, -0.2) is 20.4 Å². The molecule has 6 rings (SSSR count). The standard InChI is InChI=1S/C34H8F12N8S2/c35-31(36,37)15-1-13(2-16(5-15)32(38,39)40)19-7-21-22(27(19)23(9-47)29-53-51-25(11-49)55-29)8-20(28(21)24(10-48)30-54-52-26(12-50)56-30)14-3-17(33(41,42)43)6-18(4-14)34(44,45)46/h1-8H/b27-23-,28-24-. The van der Waals surface area contributed by atoms with E-state index in [1.807, 2.05) is 0 Å². The van der Waals surface area contributed by atoms with Crippen molar-refractivity contribution in [3.05, 3.63) is 124 Å². The van der Waals surface area contributed by atoms with Crippen LogP contribution in [0.3, 0.4) is 0 Å². The lowest BCUT2D eigenvalue weighted by atomic mass is 9.88. The van der Waals surface area contributed by atoms with Crippen LogP contribution in [0.2, 0.25) is 0 Å². The number of rotatable bonds is 4. The van der Waals surface area contributed by atoms with Gasteiger partial charge in [-0.1, -0.05) is 22.7 Å². The van der Waals surface area contributed by atoms with Crippen LogP contribution >= 0.6 is 22.7 Å². The maximum Gasteiger partial charge on any atom is 0.416 e. The molecule has 0 saturated heterocycles. The first kappa shape index (κ1) is 39.1. The molecule has 2 aliphatic rings. The number of nitriles is 4. The predicted molar refractivity (Wildman–Crippen MR) is 170 cm³/mol. The fourth-order valence-corrected chi connectivity index (χ4v) is 6.95. The first-order chi connectivity index (χ1) is 26.1. The Balaban J connectivity index is 1.77. The Hall–Kier alpha value is -6.62. The van der Waals surface area contributed by atoms with Crippen molar-refractivity contribution in [1.29, 1.82) is 21.0 Å². The molecule has 2 heterocycles. The normalized spacial score (nSPS) is 16.4. The Morgan fingerprint density at radius 2 is 0.768 bits per heavy atom. The molecule has 0 radical (unpaired) electrons. The summed E-state index contributed by atoms with van der Waals surface area (Å²) in [6.45, 7) is 0. The monoisotopic (exact) mass is 820 g/mol. The molecule has 2 aromatic heterocycles. The number of nitrogens with zero attached hydrogens (tertiary/aromatic N) is 8. The highest BCUT2D eigenvalue weighted by Crippen LogP contribution is 2.55. The second-order valence-electron chi connectivity index (χ2n) is 11.3. The fourth-order valence-electron chi connectivity index (χ4n) is 5.67. The molecule has 280 valence electrons. The molecular formula is C34H8F12N8S2. The molecule has 4 aromatic rings. The number of benzene rings is 2. The van der Waals surface area contributed by atoms with E-state index in [1.165, 1.54) is 0 Å². The van der Waals surface area contributed by atoms with E-state index in [0.29, 0.717) is 46.9 Å². The summed E-state index contributed by atoms with van der Waals surface area (Å²) >= 11 is 0.926. The average Bonchev–Trinajstić information content (AvgIpc) is 3.92. The van der Waals surface area contributed by atoms with Crippen molar-refractivity contribution in [2.24, 2.45) is 0 Å². The summed E-state index contributed by atoms with van der Waals surface area (Å²) in [7, 11) is 0. The molecule has 22 heteroatoms. The minimum Gasteiger partial charge on any atom is -0.192 e. The largest absolute Gasteiger partial charge is 0.416 e. The maximum absolute atomic E-state index is 14.0. The summed E-state index contributed by atoms with van der Waals surface area (Å²) in [5.41, 5.74) is -13.0. The quantitative estimate of drug-likeness (QED) is 0.146. The molecule has 0 saturated carbocycles. The highest BCUT2D eigenvalue weighted by atomic mass is 32.1. The number of hydrogen-bond acceptors (Lipinski definition) is 10. The zero-order valence-electron chi connectivity index (χ0n) is 26.5. The first-order valence-corrected chi connectivity index (χ1v) is 16.3. The highest BCUT2D eigenvalue weighted by Gasteiger charge is 2.42. The minimum absolute atomic E-state index is 0.177. The second kappa shape index (κ2) is 13.6. The van der Waals surface area contributed by atoms with Crippen LogP contribution in [0.5, 0.6) is 0 Å². The van der Waals surface area contributed by atoms with E-state index >= 15 is 0 Å². The van der Waals surface area contributed by atoms with Crippen molar-refractivity contribution in [3.8, 4) is 24.3 Å². The van der Waals surface area contributed by atoms with Crippen molar-refractivity contribution in [2.45, 2.75) is 24.7 Å². The van der Waals surface area contributed by atoms with Gasteiger partial charge in [-0.2, -0.15) is 73.7 Å². The lowest BCUT2D eigenvalue weighted by molar-refractivity contribution is -0.144. The summed E-state index contributed by atoms with van der Waals surface area (Å²) in [4.78, 5) is 0. The molecule has 0 spiro atoms. The van der Waals surface area contributed by atoms with Gasteiger partial charge in [-0.3, -0.25) is 0 Å². The third-order valence-electron chi connectivity index (χ3n) is 7.93. The molecule has 8 nitrogen and oxygen atoms in total. The molecule has 0 amide bonds. The Morgan fingerprint density at radius 3 is 1.00 bits per heavy atom. The van der Waals surface area contributed by atoms with Crippen LogP contribution in [0.1, 0.15) is 53.4 Å². The van der Waals surface area contributed by atoms with Gasteiger partial charge < -0.3 is 0 Å². The van der Waals surface area contributed by atoms with Crippen molar-refractivity contribution in [2.75, 3.05) is 0 Å². The smallest absolute Gasteiger partial charge is 0.192 e. The van der Waals surface area contributed by atoms with Gasteiger partial charge in [0.1, 0.15) is 24.3 Å². The van der Waals surface area contributed by atoms with Crippen LogP contribution < -0.4 is 0 Å². The van der Waals surface area contributed by atoms with Gasteiger partial charge in [-0.05, 0) is 82.0 Å². The van der Waals surface area contributed by atoms with E-state index in [1.54, 1.807) is 24.3 Å². The number of hydrogen-bond donors (Lipinski definition) is 0. The number of halogens is 12. The molecule has 2 aliphatic carbocycles. The maximum atomic E-state index is 14.0. The topological polar surface area (TPSA) is 147 Å². The van der Waals surface area contributed by atoms with Crippen LogP contribution in [0, 0.1) is 45.3 Å². The Kier molecular flexibility index (Phi) is 9.49. The number of alkyl halides is 12. The highest BCUT2D eigenvalue weighted by molar-refractivity contribution is 7.13. The number of aromatic nitrogens is 4. The van der Waals surface area contributed by atoms with Crippen molar-refractivity contribution in [3.63, 3.8) is 0 Å². The van der Waals surface area contributed by atoms with Gasteiger partial charge in [0.25, 0.3) is 0 Å². The second-order valence-corrected chi connectivity index (χ2v) is 13.3. The van der Waals surface area contributed by atoms with Gasteiger partial charge in [0.15, 0.2) is 10.0 Å². The zero-order valence-corrected chi connectivity index (χ0v) is 28.2. The lowest BCUT2D eigenvalue weighted by Gasteiger charge is -2.18. The van der Waals surface area contributed by atoms with E-state index in [9.17, 15) is 73.7 Å². The zero-order chi connectivity index (χ0) is 41.1.